The van der Waals surface area contributed by atoms with Gasteiger partial charge in [0.15, 0.2) is 0 Å². The summed E-state index contributed by atoms with van der Waals surface area (Å²) < 4.78 is 11.4. The molecule has 3 aromatic carbocycles. The molecule has 0 radical (unpaired) electrons. The number of nitrogens with one attached hydrogen (secondary N) is 1. The molecule has 1 aliphatic heterocycles. The first-order valence-electron chi connectivity index (χ1n) is 14.1. The van der Waals surface area contributed by atoms with Crippen molar-refractivity contribution in [2.24, 2.45) is 11.5 Å². The topological polar surface area (TPSA) is 137 Å². The third-order valence-corrected chi connectivity index (χ3v) is 7.57. The molecule has 5 N–H and O–H groups in total. The second-order valence-corrected chi connectivity index (χ2v) is 10.7. The summed E-state index contributed by atoms with van der Waals surface area (Å²) >= 11 is 6.34. The molecular formula is C32H38Cl2N4O5. The number of nitrogens with zero attached hydrogens (tertiary/aromatic N) is 1. The minimum atomic E-state index is -0.752. The second kappa shape index (κ2) is 15.7. The van der Waals surface area contributed by atoms with Crippen molar-refractivity contribution in [1.82, 2.24) is 0 Å². The summed E-state index contributed by atoms with van der Waals surface area (Å²) in [6.45, 7) is 2.80. The van der Waals surface area contributed by atoms with Gasteiger partial charge in [-0.05, 0) is 87.2 Å². The smallest absolute Gasteiger partial charge is 0.323 e. The Balaban J connectivity index is 0.00000506. The zero-order chi connectivity index (χ0) is 30.2. The van der Waals surface area contributed by atoms with Crippen molar-refractivity contribution in [2.75, 3.05) is 30.4 Å². The van der Waals surface area contributed by atoms with Crippen LogP contribution < -0.4 is 26.4 Å². The van der Waals surface area contributed by atoms with Crippen LogP contribution in [0.5, 0.6) is 5.75 Å². The molecule has 4 rings (SSSR count). The second-order valence-electron chi connectivity index (χ2n) is 10.3. The van der Waals surface area contributed by atoms with Crippen molar-refractivity contribution >= 4 is 53.2 Å². The van der Waals surface area contributed by atoms with Gasteiger partial charge in [-0.15, -0.1) is 12.4 Å². The Morgan fingerprint density at radius 2 is 1.86 bits per heavy atom. The molecule has 0 saturated carbocycles. The van der Waals surface area contributed by atoms with Crippen molar-refractivity contribution in [3.8, 4) is 5.75 Å². The van der Waals surface area contributed by atoms with Gasteiger partial charge in [0.2, 0.25) is 0 Å². The first-order valence-corrected chi connectivity index (χ1v) is 14.4. The van der Waals surface area contributed by atoms with Crippen molar-refractivity contribution in [3.63, 3.8) is 0 Å². The van der Waals surface area contributed by atoms with Gasteiger partial charge in [-0.25, -0.2) is 0 Å². The molecule has 0 saturated heterocycles. The summed E-state index contributed by atoms with van der Waals surface area (Å²) in [4.78, 5) is 41.2. The third-order valence-electron chi connectivity index (χ3n) is 7.34. The van der Waals surface area contributed by atoms with Crippen LogP contribution in [0.4, 0.5) is 11.4 Å². The summed E-state index contributed by atoms with van der Waals surface area (Å²) in [5.74, 6) is -0.678. The minimum Gasteiger partial charge on any atom is -0.495 e. The fourth-order valence-corrected chi connectivity index (χ4v) is 5.21. The average molecular weight is 630 g/mol. The summed E-state index contributed by atoms with van der Waals surface area (Å²) in [6.07, 6.45) is 2.49. The van der Waals surface area contributed by atoms with Gasteiger partial charge >= 0.3 is 5.97 Å². The molecule has 2 atom stereocenters. The van der Waals surface area contributed by atoms with E-state index in [0.717, 1.165) is 18.4 Å². The minimum absolute atomic E-state index is 0. The Bertz CT molecular complexity index is 1450. The van der Waals surface area contributed by atoms with Crippen LogP contribution in [0.1, 0.15) is 70.1 Å². The summed E-state index contributed by atoms with van der Waals surface area (Å²) in [7, 11) is 1.48. The lowest BCUT2D eigenvalue weighted by molar-refractivity contribution is -0.151. The van der Waals surface area contributed by atoms with Gasteiger partial charge in [0, 0.05) is 28.3 Å². The molecule has 1 aliphatic rings. The molecule has 0 aliphatic carbocycles. The molecule has 2 unspecified atom stereocenters. The number of methoxy groups -OCH3 is 1. The van der Waals surface area contributed by atoms with E-state index in [4.69, 9.17) is 32.5 Å². The number of rotatable bonds is 10. The fraction of sp³-hybridized carbons (Fsp3) is 0.344. The van der Waals surface area contributed by atoms with Crippen LogP contribution in [0.3, 0.4) is 0 Å². The highest BCUT2D eigenvalue weighted by molar-refractivity contribution is 6.30. The van der Waals surface area contributed by atoms with Gasteiger partial charge in [-0.2, -0.15) is 0 Å². The Labute approximate surface area is 263 Å². The van der Waals surface area contributed by atoms with Crippen LogP contribution in [0.25, 0.3) is 0 Å². The van der Waals surface area contributed by atoms with Crippen LogP contribution in [-0.4, -0.2) is 44.0 Å². The highest BCUT2D eigenvalue weighted by atomic mass is 35.5. The normalized spacial score (nSPS) is 14.9. The van der Waals surface area contributed by atoms with Gasteiger partial charge in [-0.1, -0.05) is 36.2 Å². The zero-order valence-electron chi connectivity index (χ0n) is 24.3. The average Bonchev–Trinajstić information content (AvgIpc) is 3.16. The molecule has 230 valence electrons. The van der Waals surface area contributed by atoms with E-state index in [2.05, 4.69) is 5.32 Å². The van der Waals surface area contributed by atoms with Crippen LogP contribution in [0, 0.1) is 6.92 Å². The van der Waals surface area contributed by atoms with E-state index in [1.165, 1.54) is 7.11 Å². The fourth-order valence-electron chi connectivity index (χ4n) is 5.03. The van der Waals surface area contributed by atoms with E-state index >= 15 is 0 Å². The summed E-state index contributed by atoms with van der Waals surface area (Å²) in [5.41, 5.74) is 15.1. The lowest BCUT2D eigenvalue weighted by Crippen LogP contribution is -2.33. The third kappa shape index (κ3) is 8.26. The van der Waals surface area contributed by atoms with E-state index < -0.39 is 18.1 Å². The van der Waals surface area contributed by atoms with Crippen molar-refractivity contribution < 1.29 is 23.9 Å². The van der Waals surface area contributed by atoms with Gasteiger partial charge < -0.3 is 31.2 Å². The lowest BCUT2D eigenvalue weighted by atomic mass is 10.0. The highest BCUT2D eigenvalue weighted by Gasteiger charge is 2.31. The first kappa shape index (κ1) is 33.9. The number of hydrogen-bond acceptors (Lipinski definition) is 7. The predicted molar refractivity (Wildman–Crippen MR) is 171 cm³/mol. The van der Waals surface area contributed by atoms with Gasteiger partial charge in [0.1, 0.15) is 17.9 Å². The molecule has 0 spiro atoms. The Morgan fingerprint density at radius 1 is 1.09 bits per heavy atom. The van der Waals surface area contributed by atoms with E-state index in [9.17, 15) is 14.4 Å². The molecule has 3 aromatic rings. The number of halogens is 2. The number of benzene rings is 3. The molecular weight excluding hydrogens is 591 g/mol. The van der Waals surface area contributed by atoms with Crippen LogP contribution in [-0.2, 0) is 9.53 Å². The quantitative estimate of drug-likeness (QED) is 0.190. The van der Waals surface area contributed by atoms with E-state index in [0.29, 0.717) is 71.2 Å². The highest BCUT2D eigenvalue weighted by Crippen LogP contribution is 2.38. The van der Waals surface area contributed by atoms with Gasteiger partial charge in [-0.3, -0.25) is 14.4 Å². The standard InChI is InChI=1S/C32H37ClN4O5.ClH/c1-20-8-3-4-9-23(20)30(38)36-26-14-12-21(18-29(26)41-2)31(39)37-17-7-11-28(24-19-22(33)13-15-27(24)37)42-32(40)25(35)10-5-6-16-34;/h3-4,8-9,12-15,18-19,25,28H,5-7,10-11,16-17,34-35H2,1-2H3,(H,36,38);1H. The number of fused-ring (bicyclic) bond motifs is 1. The number of nitrogens with two attached hydrogens (primary N) is 2. The lowest BCUT2D eigenvalue weighted by Gasteiger charge is -2.25. The van der Waals surface area contributed by atoms with E-state index in [1.54, 1.807) is 53.4 Å². The molecule has 9 nitrogen and oxygen atoms in total. The molecule has 0 aromatic heterocycles. The number of carbonyl (C=O) groups is 3. The summed E-state index contributed by atoms with van der Waals surface area (Å²) in [5, 5.41) is 3.34. The molecule has 0 fully saturated rings. The molecule has 11 heteroatoms. The van der Waals surface area contributed by atoms with E-state index in [1.807, 2.05) is 19.1 Å². The maximum Gasteiger partial charge on any atom is 0.323 e. The van der Waals surface area contributed by atoms with Gasteiger partial charge in [0.25, 0.3) is 11.8 Å². The van der Waals surface area contributed by atoms with Crippen molar-refractivity contribution in [2.45, 2.75) is 51.2 Å². The Morgan fingerprint density at radius 3 is 2.58 bits per heavy atom. The number of aryl methyl sites for hydroxylation is 1. The van der Waals surface area contributed by atoms with Gasteiger partial charge in [0.05, 0.1) is 18.5 Å². The summed E-state index contributed by atoms with van der Waals surface area (Å²) in [6, 6.07) is 16.6. The number of ether oxygens (including phenoxy) is 2. The van der Waals surface area contributed by atoms with Crippen LogP contribution >= 0.6 is 24.0 Å². The van der Waals surface area contributed by atoms with Crippen molar-refractivity contribution in [3.05, 3.63) is 87.9 Å². The van der Waals surface area contributed by atoms with Crippen LogP contribution in [0.2, 0.25) is 5.02 Å². The molecule has 2 amide bonds. The van der Waals surface area contributed by atoms with Crippen LogP contribution in [0.15, 0.2) is 60.7 Å². The molecule has 43 heavy (non-hydrogen) atoms. The first-order chi connectivity index (χ1) is 20.2. The number of amides is 2. The zero-order valence-corrected chi connectivity index (χ0v) is 25.9. The monoisotopic (exact) mass is 628 g/mol. The Kier molecular flexibility index (Phi) is 12.4. The number of hydrogen-bond donors (Lipinski definition) is 3. The predicted octanol–water partition coefficient (Wildman–Crippen LogP) is 5.81. The number of unbranched alkanes of at least 4 members (excludes halogenated alkanes) is 1. The maximum absolute atomic E-state index is 13.9. The number of carbonyl (C=O) groups excluding carboxylic acids is 3. The number of esters is 1. The number of anilines is 2. The molecule has 0 bridgehead atoms. The largest absolute Gasteiger partial charge is 0.495 e. The Hall–Kier alpha value is -3.63. The SMILES string of the molecule is COc1cc(C(=O)N2CCCC(OC(=O)C(N)CCCCN)c3cc(Cl)ccc32)ccc1NC(=O)c1ccccc1C.Cl. The van der Waals surface area contributed by atoms with E-state index in [-0.39, 0.29) is 24.2 Å². The maximum atomic E-state index is 13.9. The van der Waals surface area contributed by atoms with Crippen molar-refractivity contribution in [1.29, 1.82) is 0 Å². The molecule has 1 heterocycles.